The largest absolute Gasteiger partial charge is 0.466 e. The van der Waals surface area contributed by atoms with Crippen LogP contribution in [0.1, 0.15) is 39.0 Å². The minimum atomic E-state index is 0.00305. The van der Waals surface area contributed by atoms with Gasteiger partial charge in [-0.1, -0.05) is 6.42 Å². The standard InChI is InChI=1S/C12H21NO2/c1-2-15-12(14)10-4-3-5-11(10)13-8-9-6-7-9/h9-11,13H,2-8H2,1H3. The Labute approximate surface area is 91.6 Å². The first-order chi connectivity index (χ1) is 7.31. The van der Waals surface area contributed by atoms with Gasteiger partial charge in [-0.25, -0.2) is 0 Å². The molecule has 86 valence electrons. The molecule has 0 bridgehead atoms. The van der Waals surface area contributed by atoms with Crippen LogP contribution in [-0.4, -0.2) is 25.2 Å². The maximum Gasteiger partial charge on any atom is 0.310 e. The van der Waals surface area contributed by atoms with Gasteiger partial charge in [0.25, 0.3) is 0 Å². The van der Waals surface area contributed by atoms with Gasteiger partial charge in [0.05, 0.1) is 12.5 Å². The van der Waals surface area contributed by atoms with Crippen LogP contribution in [0.4, 0.5) is 0 Å². The lowest BCUT2D eigenvalue weighted by molar-refractivity contribution is -0.148. The van der Waals surface area contributed by atoms with E-state index >= 15 is 0 Å². The molecule has 0 radical (unpaired) electrons. The van der Waals surface area contributed by atoms with E-state index in [-0.39, 0.29) is 11.9 Å². The van der Waals surface area contributed by atoms with Crippen LogP contribution in [0, 0.1) is 11.8 Å². The smallest absolute Gasteiger partial charge is 0.310 e. The van der Waals surface area contributed by atoms with Gasteiger partial charge < -0.3 is 10.1 Å². The van der Waals surface area contributed by atoms with E-state index in [9.17, 15) is 4.79 Å². The third kappa shape index (κ3) is 2.94. The molecule has 0 spiro atoms. The zero-order chi connectivity index (χ0) is 10.7. The fraction of sp³-hybridized carbons (Fsp3) is 0.917. The van der Waals surface area contributed by atoms with Crippen LogP contribution in [0.2, 0.25) is 0 Å². The van der Waals surface area contributed by atoms with Gasteiger partial charge >= 0.3 is 5.97 Å². The molecule has 2 atom stereocenters. The Morgan fingerprint density at radius 1 is 1.33 bits per heavy atom. The van der Waals surface area contributed by atoms with Crippen molar-refractivity contribution >= 4 is 5.97 Å². The summed E-state index contributed by atoms with van der Waals surface area (Å²) in [5.41, 5.74) is 0. The second-order valence-corrected chi connectivity index (χ2v) is 4.75. The fourth-order valence-corrected chi connectivity index (χ4v) is 2.38. The highest BCUT2D eigenvalue weighted by Crippen LogP contribution is 2.31. The van der Waals surface area contributed by atoms with Crippen LogP contribution in [0.25, 0.3) is 0 Å². The van der Waals surface area contributed by atoms with Crippen molar-refractivity contribution in [2.75, 3.05) is 13.2 Å². The number of carbonyl (C=O) groups excluding carboxylic acids is 1. The number of hydrogen-bond donors (Lipinski definition) is 1. The van der Waals surface area contributed by atoms with Crippen LogP contribution in [-0.2, 0) is 9.53 Å². The van der Waals surface area contributed by atoms with E-state index in [1.165, 1.54) is 12.8 Å². The first-order valence-electron chi connectivity index (χ1n) is 6.21. The van der Waals surface area contributed by atoms with Gasteiger partial charge in [-0.05, 0) is 45.1 Å². The van der Waals surface area contributed by atoms with Crippen molar-refractivity contribution in [2.45, 2.75) is 45.1 Å². The van der Waals surface area contributed by atoms with Crippen LogP contribution in [0.5, 0.6) is 0 Å². The first-order valence-corrected chi connectivity index (χ1v) is 6.21. The Kier molecular flexibility index (Phi) is 3.62. The molecule has 3 heteroatoms. The van der Waals surface area contributed by atoms with Crippen molar-refractivity contribution < 1.29 is 9.53 Å². The van der Waals surface area contributed by atoms with Crippen LogP contribution < -0.4 is 5.32 Å². The predicted octanol–water partition coefficient (Wildman–Crippen LogP) is 1.72. The van der Waals surface area contributed by atoms with Gasteiger partial charge in [0.1, 0.15) is 0 Å². The molecule has 0 amide bonds. The van der Waals surface area contributed by atoms with E-state index in [1.807, 2.05) is 6.92 Å². The second kappa shape index (κ2) is 4.97. The molecule has 2 aliphatic carbocycles. The molecule has 0 aromatic heterocycles. The summed E-state index contributed by atoms with van der Waals surface area (Å²) in [6.07, 6.45) is 6.02. The SMILES string of the molecule is CCOC(=O)C1CCCC1NCC1CC1. The summed E-state index contributed by atoms with van der Waals surface area (Å²) in [6.45, 7) is 3.48. The van der Waals surface area contributed by atoms with Gasteiger partial charge in [-0.15, -0.1) is 0 Å². The molecular weight excluding hydrogens is 190 g/mol. The summed E-state index contributed by atoms with van der Waals surface area (Å²) in [5.74, 6) is 1.00. The van der Waals surface area contributed by atoms with Crippen molar-refractivity contribution in [2.24, 2.45) is 11.8 Å². The minimum Gasteiger partial charge on any atom is -0.466 e. The highest BCUT2D eigenvalue weighted by atomic mass is 16.5. The molecule has 0 saturated heterocycles. The van der Waals surface area contributed by atoms with E-state index < -0.39 is 0 Å². The van der Waals surface area contributed by atoms with Crippen molar-refractivity contribution in [1.82, 2.24) is 5.32 Å². The third-order valence-corrected chi connectivity index (χ3v) is 3.47. The van der Waals surface area contributed by atoms with Crippen LogP contribution in [0.3, 0.4) is 0 Å². The molecular formula is C12H21NO2. The number of carbonyl (C=O) groups is 1. The van der Waals surface area contributed by atoms with Crippen molar-refractivity contribution in [3.8, 4) is 0 Å². The summed E-state index contributed by atoms with van der Waals surface area (Å²) < 4.78 is 5.10. The van der Waals surface area contributed by atoms with Gasteiger partial charge in [0.2, 0.25) is 0 Å². The lowest BCUT2D eigenvalue weighted by Gasteiger charge is -2.19. The third-order valence-electron chi connectivity index (χ3n) is 3.47. The van der Waals surface area contributed by atoms with E-state index in [1.54, 1.807) is 0 Å². The first kappa shape index (κ1) is 10.9. The monoisotopic (exact) mass is 211 g/mol. The molecule has 0 aromatic rings. The normalized spacial score (nSPS) is 30.5. The fourth-order valence-electron chi connectivity index (χ4n) is 2.38. The van der Waals surface area contributed by atoms with E-state index in [4.69, 9.17) is 4.74 Å². The lowest BCUT2D eigenvalue weighted by atomic mass is 10.0. The maximum absolute atomic E-state index is 11.7. The summed E-state index contributed by atoms with van der Waals surface area (Å²) in [5, 5.41) is 3.53. The molecule has 1 N–H and O–H groups in total. The molecule has 2 saturated carbocycles. The Balaban J connectivity index is 1.77. The van der Waals surface area contributed by atoms with Gasteiger partial charge in [-0.3, -0.25) is 4.79 Å². The Bertz CT molecular complexity index is 226. The highest BCUT2D eigenvalue weighted by molar-refractivity contribution is 5.73. The molecule has 2 fully saturated rings. The topological polar surface area (TPSA) is 38.3 Å². The Morgan fingerprint density at radius 3 is 2.80 bits per heavy atom. The Hall–Kier alpha value is -0.570. The van der Waals surface area contributed by atoms with Crippen molar-refractivity contribution in [1.29, 1.82) is 0 Å². The maximum atomic E-state index is 11.7. The molecule has 3 nitrogen and oxygen atoms in total. The van der Waals surface area contributed by atoms with Gasteiger partial charge in [0.15, 0.2) is 0 Å². The number of esters is 1. The quantitative estimate of drug-likeness (QED) is 0.704. The molecule has 2 rings (SSSR count). The molecule has 0 heterocycles. The van der Waals surface area contributed by atoms with E-state index in [2.05, 4.69) is 5.32 Å². The second-order valence-electron chi connectivity index (χ2n) is 4.75. The van der Waals surface area contributed by atoms with Gasteiger partial charge in [0, 0.05) is 6.04 Å². The molecule has 0 aromatic carbocycles. The summed E-state index contributed by atoms with van der Waals surface area (Å²) in [7, 11) is 0. The zero-order valence-corrected chi connectivity index (χ0v) is 9.50. The van der Waals surface area contributed by atoms with Crippen molar-refractivity contribution in [3.63, 3.8) is 0 Å². The number of hydrogen-bond acceptors (Lipinski definition) is 3. The lowest BCUT2D eigenvalue weighted by Crippen LogP contribution is -2.38. The zero-order valence-electron chi connectivity index (χ0n) is 9.50. The van der Waals surface area contributed by atoms with E-state index in [0.717, 1.165) is 31.7 Å². The average Bonchev–Trinajstić information content (AvgIpc) is 2.93. The average molecular weight is 211 g/mol. The molecule has 2 unspecified atom stereocenters. The molecule has 0 aliphatic heterocycles. The molecule has 2 aliphatic rings. The number of nitrogens with one attached hydrogen (secondary N) is 1. The minimum absolute atomic E-state index is 0.00305. The molecule has 15 heavy (non-hydrogen) atoms. The number of ether oxygens (including phenoxy) is 1. The predicted molar refractivity (Wildman–Crippen MR) is 58.5 cm³/mol. The van der Waals surface area contributed by atoms with E-state index in [0.29, 0.717) is 12.6 Å². The number of rotatable bonds is 5. The van der Waals surface area contributed by atoms with Crippen LogP contribution in [0.15, 0.2) is 0 Å². The van der Waals surface area contributed by atoms with Gasteiger partial charge in [-0.2, -0.15) is 0 Å². The summed E-state index contributed by atoms with van der Waals surface area (Å²) >= 11 is 0. The summed E-state index contributed by atoms with van der Waals surface area (Å²) in [6, 6.07) is 0.379. The Morgan fingerprint density at radius 2 is 2.13 bits per heavy atom. The highest BCUT2D eigenvalue weighted by Gasteiger charge is 2.34. The summed E-state index contributed by atoms with van der Waals surface area (Å²) in [4.78, 5) is 11.7. The van der Waals surface area contributed by atoms with Crippen molar-refractivity contribution in [3.05, 3.63) is 0 Å². The van der Waals surface area contributed by atoms with Crippen LogP contribution >= 0.6 is 0 Å².